The molecule has 0 aliphatic carbocycles. The fraction of sp³-hybridized carbons (Fsp3) is 0.750. The summed E-state index contributed by atoms with van der Waals surface area (Å²) in [6.45, 7) is 4.00. The molecule has 0 heterocycles. The van der Waals surface area contributed by atoms with Crippen molar-refractivity contribution >= 4 is 54.3 Å². The van der Waals surface area contributed by atoms with Gasteiger partial charge >= 0.3 is 86.9 Å². The first-order valence-corrected chi connectivity index (χ1v) is 12.7. The first-order chi connectivity index (χ1) is 4.50. The van der Waals surface area contributed by atoms with E-state index in [4.69, 9.17) is 12.2 Å². The molecular weight excluding hydrogens is 561 g/mol. The fourth-order valence-corrected chi connectivity index (χ4v) is 4.78. The molecule has 6 heteroatoms. The van der Waals surface area contributed by atoms with E-state index in [1.165, 1.54) is 0 Å². The monoisotopic (exact) mass is 571 g/mol. The van der Waals surface area contributed by atoms with Crippen molar-refractivity contribution in [3.8, 4) is 0 Å². The molecule has 0 saturated carbocycles. The molecule has 0 fully saturated rings. The molecule has 0 nitrogen and oxygen atoms in total. The van der Waals surface area contributed by atoms with E-state index in [1.54, 1.807) is 0 Å². The Morgan fingerprint density at radius 3 is 1.80 bits per heavy atom. The molecule has 0 bridgehead atoms. The van der Waals surface area contributed by atoms with Crippen molar-refractivity contribution in [1.29, 1.82) is 0 Å². The topological polar surface area (TPSA) is 0 Å². The second kappa shape index (κ2) is 8.06. The fourth-order valence-electron chi connectivity index (χ4n) is 0.0238. The van der Waals surface area contributed by atoms with Crippen molar-refractivity contribution in [1.82, 2.24) is 0 Å². The van der Waals surface area contributed by atoms with Gasteiger partial charge in [0.2, 0.25) is 0 Å². The van der Waals surface area contributed by atoms with Crippen molar-refractivity contribution in [2.45, 2.75) is 16.4 Å². The van der Waals surface area contributed by atoms with Gasteiger partial charge < -0.3 is 0 Å². The molecule has 0 aliphatic rings. The molecule has 0 aromatic heterocycles. The standard InChI is InChI=1S/C2H3S4.C2H6.2Ir/c3-1(4)2(5)6;1-2;;/h3-4H,(H,5,6);1-2H3;;. The third kappa shape index (κ3) is 7.11. The predicted octanol–water partition coefficient (Wildman–Crippen LogP) is 2.33. The summed E-state index contributed by atoms with van der Waals surface area (Å²) in [4.78, 5) is 0. The molecule has 0 aromatic rings. The third-order valence-electron chi connectivity index (χ3n) is 0.340. The maximum absolute atomic E-state index is 4.77. The molecule has 0 aromatic carbocycles. The third-order valence-corrected chi connectivity index (χ3v) is 15.3. The van der Waals surface area contributed by atoms with Crippen LogP contribution in [0.15, 0.2) is 0 Å². The Balaban J connectivity index is 0. The molecule has 0 rings (SSSR count). The van der Waals surface area contributed by atoms with Gasteiger partial charge in [-0.15, -0.1) is 0 Å². The van der Waals surface area contributed by atoms with Crippen LogP contribution in [-0.2, 0) is 30.0 Å². The molecule has 0 atom stereocenters. The van der Waals surface area contributed by atoms with Crippen LogP contribution in [0.4, 0.5) is 0 Å². The maximum atomic E-state index is 4.77. The summed E-state index contributed by atoms with van der Waals surface area (Å²) >= 11 is 19.0. The molecule has 0 unspecified atom stereocenters. The summed E-state index contributed by atoms with van der Waals surface area (Å²) in [5.41, 5.74) is 0. The van der Waals surface area contributed by atoms with Crippen LogP contribution in [-0.4, -0.2) is 6.79 Å². The number of hydrogen-bond acceptors (Lipinski definition) is 3. The first-order valence-electron chi connectivity index (χ1n) is 2.40. The summed E-state index contributed by atoms with van der Waals surface area (Å²) in [5, 5.41) is 0. The van der Waals surface area contributed by atoms with Crippen molar-refractivity contribution in [3.63, 3.8) is 0 Å². The van der Waals surface area contributed by atoms with Gasteiger partial charge in [-0.2, -0.15) is 0 Å². The quantitative estimate of drug-likeness (QED) is 0.261. The van der Waals surface area contributed by atoms with Crippen molar-refractivity contribution in [2.75, 3.05) is 0 Å². The molecular formula is C4H9Ir2S4. The van der Waals surface area contributed by atoms with Crippen LogP contribution in [0.1, 0.15) is 13.8 Å². The predicted molar refractivity (Wildman–Crippen MR) is 53.6 cm³/mol. The van der Waals surface area contributed by atoms with Gasteiger partial charge in [0, 0.05) is 0 Å². The van der Waals surface area contributed by atoms with Crippen LogP contribution >= 0.6 is 50.1 Å². The number of hydrogen-bond donors (Lipinski definition) is 3. The zero-order valence-electron chi connectivity index (χ0n) is 5.42. The summed E-state index contributed by atoms with van der Waals surface area (Å²) in [6.07, 6.45) is 0. The Morgan fingerprint density at radius 1 is 1.50 bits per heavy atom. The van der Waals surface area contributed by atoms with Crippen LogP contribution in [0.5, 0.6) is 0 Å². The second-order valence-electron chi connectivity index (χ2n) is 0.917. The van der Waals surface area contributed by atoms with Gasteiger partial charge in [-0.3, -0.25) is 0 Å². The van der Waals surface area contributed by atoms with Gasteiger partial charge in [0.1, 0.15) is 0 Å². The van der Waals surface area contributed by atoms with Gasteiger partial charge in [0.25, 0.3) is 0 Å². The Bertz CT molecular complexity index is 122. The van der Waals surface area contributed by atoms with Gasteiger partial charge in [-0.05, 0) is 0 Å². The molecule has 10 heavy (non-hydrogen) atoms. The Hall–Kier alpha value is 2.44. The van der Waals surface area contributed by atoms with E-state index in [1.807, 2.05) is 13.8 Å². The van der Waals surface area contributed by atoms with Crippen molar-refractivity contribution < 1.29 is 30.0 Å². The number of rotatable bonds is 2. The molecule has 0 amide bonds. The minimum absolute atomic E-state index is 0.186. The van der Waals surface area contributed by atoms with E-state index >= 15 is 0 Å². The van der Waals surface area contributed by atoms with Crippen molar-refractivity contribution in [2.24, 2.45) is 0 Å². The van der Waals surface area contributed by atoms with E-state index in [-0.39, 0.29) is 17.0 Å². The number of thiol groups is 3. The van der Waals surface area contributed by atoms with Crippen LogP contribution in [0.3, 0.4) is 0 Å². The van der Waals surface area contributed by atoms with Crippen LogP contribution in [0.25, 0.3) is 0 Å². The zero-order chi connectivity index (χ0) is 8.78. The second-order valence-corrected chi connectivity index (χ2v) is 11.1. The van der Waals surface area contributed by atoms with E-state index in [9.17, 15) is 0 Å². The van der Waals surface area contributed by atoms with Crippen molar-refractivity contribution in [3.05, 3.63) is 0 Å². The normalized spacial score (nSPS) is 10.2. The molecule has 0 aliphatic heterocycles. The summed E-state index contributed by atoms with van der Waals surface area (Å²) < 4.78 is 0.241. The molecule has 67 valence electrons. The van der Waals surface area contributed by atoms with E-state index < -0.39 is 0 Å². The Morgan fingerprint density at radius 2 is 1.80 bits per heavy atom. The van der Waals surface area contributed by atoms with Gasteiger partial charge in [0.15, 0.2) is 0 Å². The summed E-state index contributed by atoms with van der Waals surface area (Å²) in [6, 6.07) is 0. The van der Waals surface area contributed by atoms with E-state index in [0.717, 1.165) is 0 Å². The van der Waals surface area contributed by atoms with Gasteiger partial charge in [-0.1, -0.05) is 13.8 Å². The van der Waals surface area contributed by atoms with Crippen LogP contribution < -0.4 is 0 Å². The van der Waals surface area contributed by atoms with Gasteiger partial charge in [0.05, 0.1) is 0 Å². The average Bonchev–Trinajstić information content (AvgIpc) is 1.92. The summed E-state index contributed by atoms with van der Waals surface area (Å²) in [5.74, 6) is 0. The number of thiocarbonyl (C=S) groups is 1. The summed E-state index contributed by atoms with van der Waals surface area (Å²) in [7, 11) is 0. The SMILES string of the molecule is CC.S=C(S)[C](S)(S)[Ir]=[Ir]. The Labute approximate surface area is 99.5 Å². The van der Waals surface area contributed by atoms with Crippen LogP contribution in [0.2, 0.25) is 0 Å². The first kappa shape index (κ1) is 14.9. The minimum atomic E-state index is -0.349. The molecule has 0 spiro atoms. The Kier molecular flexibility index (Phi) is 12.0. The van der Waals surface area contributed by atoms with Gasteiger partial charge in [-0.25, -0.2) is 0 Å². The molecule has 0 N–H and O–H groups in total. The zero-order valence-corrected chi connectivity index (χ0v) is 13.7. The average molecular weight is 570 g/mol. The molecule has 0 saturated heterocycles. The van der Waals surface area contributed by atoms with Crippen LogP contribution in [0, 0.1) is 0 Å². The van der Waals surface area contributed by atoms with E-state index in [2.05, 4.69) is 53.5 Å². The van der Waals surface area contributed by atoms with E-state index in [0.29, 0.717) is 4.20 Å². The molecule has 0 radical (unpaired) electrons.